The smallest absolute Gasteiger partial charge is 0.255 e. The van der Waals surface area contributed by atoms with Gasteiger partial charge in [-0.1, -0.05) is 11.6 Å². The summed E-state index contributed by atoms with van der Waals surface area (Å²) >= 11 is 6.25. The molecule has 158 valence electrons. The Morgan fingerprint density at radius 1 is 1.18 bits per heavy atom. The third-order valence-electron chi connectivity index (χ3n) is 5.33. The summed E-state index contributed by atoms with van der Waals surface area (Å²) in [4.78, 5) is 17.0. The lowest BCUT2D eigenvalue weighted by atomic mass is 10.0. The second-order valence-electron chi connectivity index (χ2n) is 7.11. The fourth-order valence-electron chi connectivity index (χ4n) is 3.50. The van der Waals surface area contributed by atoms with E-state index in [-0.39, 0.29) is 39.8 Å². The molecule has 0 bridgehead atoms. The van der Waals surface area contributed by atoms with Crippen molar-refractivity contribution < 1.29 is 17.9 Å². The lowest BCUT2D eigenvalue weighted by Gasteiger charge is -2.35. The van der Waals surface area contributed by atoms with Gasteiger partial charge >= 0.3 is 0 Å². The SMILES string of the molecule is CN1CCC(N(C)C(=O)c2cc(S(=O)(=O)N3CCOCC3)ccc2Cl)CC1.Cl. The Hall–Kier alpha value is -0.900. The predicted molar refractivity (Wildman–Crippen MR) is 111 cm³/mol. The molecular formula is C18H27Cl2N3O4S. The van der Waals surface area contributed by atoms with Gasteiger partial charge in [-0.2, -0.15) is 4.31 Å². The largest absolute Gasteiger partial charge is 0.379 e. The van der Waals surface area contributed by atoms with Gasteiger partial charge in [0.05, 0.1) is 28.7 Å². The number of benzene rings is 1. The number of hydrogen-bond donors (Lipinski definition) is 0. The molecular weight excluding hydrogens is 425 g/mol. The van der Waals surface area contributed by atoms with Crippen molar-refractivity contribution in [3.05, 3.63) is 28.8 Å². The summed E-state index contributed by atoms with van der Waals surface area (Å²) in [5.41, 5.74) is 0.229. The van der Waals surface area contributed by atoms with Gasteiger partial charge in [-0.05, 0) is 51.2 Å². The third-order valence-corrected chi connectivity index (χ3v) is 7.56. The van der Waals surface area contributed by atoms with Crippen LogP contribution in [0.15, 0.2) is 23.1 Å². The highest BCUT2D eigenvalue weighted by Crippen LogP contribution is 2.26. The van der Waals surface area contributed by atoms with Crippen LogP contribution in [0, 0.1) is 0 Å². The number of amides is 1. The minimum absolute atomic E-state index is 0. The summed E-state index contributed by atoms with van der Waals surface area (Å²) in [6, 6.07) is 4.48. The maximum absolute atomic E-state index is 13.0. The molecule has 0 spiro atoms. The minimum atomic E-state index is -3.68. The molecule has 28 heavy (non-hydrogen) atoms. The lowest BCUT2D eigenvalue weighted by molar-refractivity contribution is 0.0659. The average Bonchev–Trinajstić information content (AvgIpc) is 2.68. The van der Waals surface area contributed by atoms with E-state index in [1.807, 2.05) is 0 Å². The molecule has 2 fully saturated rings. The number of halogens is 2. The van der Waals surface area contributed by atoms with Crippen LogP contribution in [0.4, 0.5) is 0 Å². The number of carbonyl (C=O) groups excluding carboxylic acids is 1. The van der Waals surface area contributed by atoms with Crippen LogP contribution in [0.5, 0.6) is 0 Å². The number of ether oxygens (including phenoxy) is 1. The van der Waals surface area contributed by atoms with Crippen LogP contribution in [0.2, 0.25) is 5.02 Å². The fraction of sp³-hybridized carbons (Fsp3) is 0.611. The Morgan fingerprint density at radius 3 is 2.39 bits per heavy atom. The quantitative estimate of drug-likeness (QED) is 0.699. The zero-order chi connectivity index (χ0) is 19.6. The van der Waals surface area contributed by atoms with Gasteiger partial charge in [-0.25, -0.2) is 8.42 Å². The monoisotopic (exact) mass is 451 g/mol. The highest BCUT2D eigenvalue weighted by atomic mass is 35.5. The molecule has 1 aromatic rings. The zero-order valence-corrected chi connectivity index (χ0v) is 18.5. The zero-order valence-electron chi connectivity index (χ0n) is 16.1. The maximum Gasteiger partial charge on any atom is 0.255 e. The van der Waals surface area contributed by atoms with Crippen molar-refractivity contribution in [2.75, 3.05) is 53.5 Å². The van der Waals surface area contributed by atoms with E-state index in [9.17, 15) is 13.2 Å². The van der Waals surface area contributed by atoms with E-state index in [2.05, 4.69) is 11.9 Å². The van der Waals surface area contributed by atoms with Gasteiger partial charge in [0.2, 0.25) is 10.0 Å². The minimum Gasteiger partial charge on any atom is -0.379 e. The molecule has 0 N–H and O–H groups in total. The van der Waals surface area contributed by atoms with Crippen LogP contribution in [0.25, 0.3) is 0 Å². The second-order valence-corrected chi connectivity index (χ2v) is 9.45. The van der Waals surface area contributed by atoms with Gasteiger partial charge in [0, 0.05) is 26.2 Å². The standard InChI is InChI=1S/C18H26ClN3O4S.ClH/c1-20-7-5-14(6-8-20)21(2)18(23)16-13-15(3-4-17(16)19)27(24,25)22-9-11-26-12-10-22;/h3-4,13-14H,5-12H2,1-2H3;1H. The first-order chi connectivity index (χ1) is 12.8. The van der Waals surface area contributed by atoms with Crippen molar-refractivity contribution in [1.29, 1.82) is 0 Å². The van der Waals surface area contributed by atoms with Gasteiger partial charge in [-0.3, -0.25) is 4.79 Å². The van der Waals surface area contributed by atoms with E-state index in [0.29, 0.717) is 26.3 Å². The fourth-order valence-corrected chi connectivity index (χ4v) is 5.14. The molecule has 0 aliphatic carbocycles. The van der Waals surface area contributed by atoms with Gasteiger partial charge in [0.25, 0.3) is 5.91 Å². The number of nitrogens with zero attached hydrogens (tertiary/aromatic N) is 3. The van der Waals surface area contributed by atoms with Crippen molar-refractivity contribution >= 4 is 39.9 Å². The Balaban J connectivity index is 0.00000280. The predicted octanol–water partition coefficient (Wildman–Crippen LogP) is 1.95. The van der Waals surface area contributed by atoms with E-state index in [1.165, 1.54) is 22.5 Å². The molecule has 0 atom stereocenters. The van der Waals surface area contributed by atoms with E-state index in [4.69, 9.17) is 16.3 Å². The molecule has 0 radical (unpaired) electrons. The van der Waals surface area contributed by atoms with E-state index >= 15 is 0 Å². The first-order valence-electron chi connectivity index (χ1n) is 9.14. The van der Waals surface area contributed by atoms with E-state index in [1.54, 1.807) is 11.9 Å². The van der Waals surface area contributed by atoms with Crippen LogP contribution in [-0.4, -0.2) is 88.0 Å². The molecule has 0 aromatic heterocycles. The molecule has 2 aliphatic heterocycles. The summed E-state index contributed by atoms with van der Waals surface area (Å²) in [5, 5.41) is 0.265. The molecule has 2 saturated heterocycles. The first-order valence-corrected chi connectivity index (χ1v) is 11.0. The van der Waals surface area contributed by atoms with Crippen LogP contribution in [-0.2, 0) is 14.8 Å². The Labute approximate surface area is 178 Å². The van der Waals surface area contributed by atoms with Crippen LogP contribution < -0.4 is 0 Å². The summed E-state index contributed by atoms with van der Waals surface area (Å²) in [6.45, 7) is 3.23. The van der Waals surface area contributed by atoms with Gasteiger partial charge in [0.1, 0.15) is 0 Å². The number of hydrogen-bond acceptors (Lipinski definition) is 5. The number of piperidine rings is 1. The van der Waals surface area contributed by atoms with Crippen LogP contribution in [0.3, 0.4) is 0 Å². The third kappa shape index (κ3) is 4.98. The molecule has 0 saturated carbocycles. The Kier molecular flexibility index (Phi) is 8.13. The average molecular weight is 452 g/mol. The number of carbonyl (C=O) groups is 1. The summed E-state index contributed by atoms with van der Waals surface area (Å²) in [6.07, 6.45) is 1.78. The van der Waals surface area contributed by atoms with Crippen molar-refractivity contribution in [3.8, 4) is 0 Å². The molecule has 2 aliphatic rings. The summed E-state index contributed by atoms with van der Waals surface area (Å²) in [5.74, 6) is -0.242. The van der Waals surface area contributed by atoms with E-state index in [0.717, 1.165) is 25.9 Å². The maximum atomic E-state index is 13.0. The van der Waals surface area contributed by atoms with Gasteiger partial charge < -0.3 is 14.5 Å². The normalized spacial score (nSPS) is 19.8. The molecule has 7 nitrogen and oxygen atoms in total. The van der Waals surface area contributed by atoms with Crippen molar-refractivity contribution in [2.45, 2.75) is 23.8 Å². The summed E-state index contributed by atoms with van der Waals surface area (Å²) in [7, 11) is 0.151. The second kappa shape index (κ2) is 9.73. The van der Waals surface area contributed by atoms with Crippen molar-refractivity contribution in [2.24, 2.45) is 0 Å². The number of rotatable bonds is 4. The molecule has 3 rings (SSSR count). The van der Waals surface area contributed by atoms with Crippen molar-refractivity contribution in [3.63, 3.8) is 0 Å². The van der Waals surface area contributed by atoms with Gasteiger partial charge in [0.15, 0.2) is 0 Å². The Morgan fingerprint density at radius 2 is 1.79 bits per heavy atom. The van der Waals surface area contributed by atoms with Crippen LogP contribution >= 0.6 is 24.0 Å². The summed E-state index contributed by atoms with van der Waals surface area (Å²) < 4.78 is 32.4. The highest BCUT2D eigenvalue weighted by molar-refractivity contribution is 7.89. The molecule has 0 unspecified atom stereocenters. The molecule has 1 amide bonds. The molecule has 1 aromatic carbocycles. The number of likely N-dealkylation sites (tertiary alicyclic amines) is 1. The van der Waals surface area contributed by atoms with E-state index < -0.39 is 10.0 Å². The Bertz CT molecular complexity index is 792. The first kappa shape index (κ1) is 23.4. The van der Waals surface area contributed by atoms with Crippen LogP contribution in [0.1, 0.15) is 23.2 Å². The number of morpholine rings is 1. The number of sulfonamides is 1. The highest BCUT2D eigenvalue weighted by Gasteiger charge is 2.30. The molecule has 2 heterocycles. The topological polar surface area (TPSA) is 70.2 Å². The lowest BCUT2D eigenvalue weighted by Crippen LogP contribution is -2.44. The van der Waals surface area contributed by atoms with Gasteiger partial charge in [-0.15, -0.1) is 12.4 Å². The van der Waals surface area contributed by atoms with Crippen molar-refractivity contribution in [1.82, 2.24) is 14.1 Å². The molecule has 10 heteroatoms.